The molecule has 1 aliphatic carbocycles. The summed E-state index contributed by atoms with van der Waals surface area (Å²) in [7, 11) is 4.06. The molecule has 2 aliphatic rings. The first-order chi connectivity index (χ1) is 10.7. The predicted molar refractivity (Wildman–Crippen MR) is 92.0 cm³/mol. The van der Waals surface area contributed by atoms with Crippen LogP contribution in [0.5, 0.6) is 5.75 Å². The van der Waals surface area contributed by atoms with Crippen molar-refractivity contribution in [2.45, 2.75) is 37.6 Å². The van der Waals surface area contributed by atoms with Crippen molar-refractivity contribution in [2.75, 3.05) is 20.7 Å². The minimum atomic E-state index is 0.324. The molecule has 0 N–H and O–H groups in total. The van der Waals surface area contributed by atoms with E-state index in [1.807, 2.05) is 11.3 Å². The standard InChI is InChI=1S/C19H23NOS/c1-13-10-14-4-8-20(2)18(16(14)11-17(13)21-3)19(6-7-19)15-5-9-22-12-15/h5,9-12,18H,4,6-8H2,1-3H3. The summed E-state index contributed by atoms with van der Waals surface area (Å²) < 4.78 is 5.60. The van der Waals surface area contributed by atoms with Crippen molar-refractivity contribution in [1.29, 1.82) is 0 Å². The van der Waals surface area contributed by atoms with Crippen molar-refractivity contribution in [3.63, 3.8) is 0 Å². The summed E-state index contributed by atoms with van der Waals surface area (Å²) in [5, 5.41) is 4.56. The second kappa shape index (κ2) is 5.10. The molecular weight excluding hydrogens is 290 g/mol. The van der Waals surface area contributed by atoms with E-state index >= 15 is 0 Å². The number of hydrogen-bond donors (Lipinski definition) is 0. The van der Waals surface area contributed by atoms with Crippen LogP contribution in [0.25, 0.3) is 0 Å². The van der Waals surface area contributed by atoms with E-state index in [-0.39, 0.29) is 0 Å². The summed E-state index contributed by atoms with van der Waals surface area (Å²) >= 11 is 1.82. The van der Waals surface area contributed by atoms with Gasteiger partial charge in [-0.05, 0) is 78.4 Å². The Balaban J connectivity index is 1.84. The van der Waals surface area contributed by atoms with E-state index < -0.39 is 0 Å². The van der Waals surface area contributed by atoms with Gasteiger partial charge in [-0.2, -0.15) is 11.3 Å². The molecule has 4 rings (SSSR count). The number of aryl methyl sites for hydroxylation is 1. The number of methoxy groups -OCH3 is 1. The van der Waals surface area contributed by atoms with Crippen LogP contribution in [0.1, 0.15) is 41.1 Å². The lowest BCUT2D eigenvalue weighted by Crippen LogP contribution is -2.39. The number of benzene rings is 1. The van der Waals surface area contributed by atoms with E-state index in [0.717, 1.165) is 18.7 Å². The summed E-state index contributed by atoms with van der Waals surface area (Å²) in [5.74, 6) is 1.03. The second-order valence-electron chi connectivity index (χ2n) is 6.82. The zero-order valence-corrected chi connectivity index (χ0v) is 14.4. The van der Waals surface area contributed by atoms with Crippen LogP contribution in [0, 0.1) is 6.92 Å². The van der Waals surface area contributed by atoms with Crippen molar-refractivity contribution in [1.82, 2.24) is 4.90 Å². The van der Waals surface area contributed by atoms with E-state index in [9.17, 15) is 0 Å². The summed E-state index contributed by atoms with van der Waals surface area (Å²) in [6.07, 6.45) is 3.75. The van der Waals surface area contributed by atoms with Crippen LogP contribution in [0.4, 0.5) is 0 Å². The molecule has 0 amide bonds. The molecule has 1 aromatic heterocycles. The highest BCUT2D eigenvalue weighted by Crippen LogP contribution is 2.60. The van der Waals surface area contributed by atoms with E-state index in [0.29, 0.717) is 11.5 Å². The predicted octanol–water partition coefficient (Wildman–Crippen LogP) is 4.33. The highest BCUT2D eigenvalue weighted by atomic mass is 32.1. The maximum Gasteiger partial charge on any atom is 0.122 e. The van der Waals surface area contributed by atoms with Crippen LogP contribution in [0.3, 0.4) is 0 Å². The number of ether oxygens (including phenoxy) is 1. The molecule has 1 aromatic carbocycles. The van der Waals surface area contributed by atoms with Gasteiger partial charge in [0.1, 0.15) is 5.75 Å². The van der Waals surface area contributed by atoms with Gasteiger partial charge in [0.05, 0.1) is 7.11 Å². The Labute approximate surface area is 136 Å². The Morgan fingerprint density at radius 3 is 2.77 bits per heavy atom. The van der Waals surface area contributed by atoms with Crippen LogP contribution in [0.15, 0.2) is 29.0 Å². The first-order valence-corrected chi connectivity index (χ1v) is 9.00. The molecule has 1 saturated carbocycles. The summed E-state index contributed by atoms with van der Waals surface area (Å²) in [6, 6.07) is 7.46. The Kier molecular flexibility index (Phi) is 3.31. The van der Waals surface area contributed by atoms with Crippen LogP contribution in [0.2, 0.25) is 0 Å². The van der Waals surface area contributed by atoms with Gasteiger partial charge >= 0.3 is 0 Å². The van der Waals surface area contributed by atoms with Crippen molar-refractivity contribution in [3.8, 4) is 5.75 Å². The molecule has 1 aliphatic heterocycles. The first-order valence-electron chi connectivity index (χ1n) is 8.06. The fourth-order valence-electron chi connectivity index (χ4n) is 4.24. The lowest BCUT2D eigenvalue weighted by atomic mass is 9.79. The maximum absolute atomic E-state index is 5.60. The van der Waals surface area contributed by atoms with Gasteiger partial charge in [0.15, 0.2) is 0 Å². The minimum absolute atomic E-state index is 0.324. The molecule has 22 heavy (non-hydrogen) atoms. The van der Waals surface area contributed by atoms with Crippen molar-refractivity contribution < 1.29 is 4.74 Å². The number of rotatable bonds is 3. The van der Waals surface area contributed by atoms with Crippen LogP contribution >= 0.6 is 11.3 Å². The smallest absolute Gasteiger partial charge is 0.122 e. The zero-order valence-electron chi connectivity index (χ0n) is 13.6. The largest absolute Gasteiger partial charge is 0.496 e. The van der Waals surface area contributed by atoms with Gasteiger partial charge in [-0.3, -0.25) is 4.90 Å². The monoisotopic (exact) mass is 313 g/mol. The quantitative estimate of drug-likeness (QED) is 0.836. The maximum atomic E-state index is 5.60. The van der Waals surface area contributed by atoms with Gasteiger partial charge in [0.2, 0.25) is 0 Å². The van der Waals surface area contributed by atoms with Crippen LogP contribution in [-0.2, 0) is 11.8 Å². The third-order valence-electron chi connectivity index (χ3n) is 5.53. The average molecular weight is 313 g/mol. The number of fused-ring (bicyclic) bond motifs is 1. The van der Waals surface area contributed by atoms with Gasteiger partial charge in [-0.15, -0.1) is 0 Å². The Morgan fingerprint density at radius 1 is 1.32 bits per heavy atom. The minimum Gasteiger partial charge on any atom is -0.496 e. The second-order valence-corrected chi connectivity index (χ2v) is 7.60. The Hall–Kier alpha value is -1.32. The molecule has 1 atom stereocenters. The van der Waals surface area contributed by atoms with Crippen LogP contribution in [-0.4, -0.2) is 25.6 Å². The Morgan fingerprint density at radius 2 is 2.14 bits per heavy atom. The third kappa shape index (κ3) is 2.03. The molecule has 1 unspecified atom stereocenters. The lowest BCUT2D eigenvalue weighted by Gasteiger charge is -2.40. The molecule has 116 valence electrons. The molecule has 2 nitrogen and oxygen atoms in total. The topological polar surface area (TPSA) is 12.5 Å². The summed E-state index contributed by atoms with van der Waals surface area (Å²) in [5.41, 5.74) is 6.11. The molecule has 0 saturated heterocycles. The molecule has 1 fully saturated rings. The number of thiophene rings is 1. The average Bonchev–Trinajstić information content (AvgIpc) is 3.11. The molecule has 2 heterocycles. The van der Waals surface area contributed by atoms with E-state index in [4.69, 9.17) is 4.74 Å². The lowest BCUT2D eigenvalue weighted by molar-refractivity contribution is 0.187. The van der Waals surface area contributed by atoms with Gasteiger partial charge < -0.3 is 4.74 Å². The first kappa shape index (κ1) is 14.3. The van der Waals surface area contributed by atoms with Crippen molar-refractivity contribution in [2.24, 2.45) is 0 Å². The fourth-order valence-corrected chi connectivity index (χ4v) is 5.00. The zero-order chi connectivity index (χ0) is 15.3. The van der Waals surface area contributed by atoms with Crippen molar-refractivity contribution in [3.05, 3.63) is 51.2 Å². The highest BCUT2D eigenvalue weighted by molar-refractivity contribution is 7.08. The number of likely N-dealkylation sites (N-methyl/N-ethyl adjacent to an activating group) is 1. The Bertz CT molecular complexity index is 688. The van der Waals surface area contributed by atoms with Gasteiger partial charge in [0, 0.05) is 18.0 Å². The molecule has 0 spiro atoms. The fraction of sp³-hybridized carbons (Fsp3) is 0.474. The SMILES string of the molecule is COc1cc2c(cc1C)CCN(C)C2C1(c2ccsc2)CC1. The molecule has 3 heteroatoms. The normalized spacial score (nSPS) is 23.1. The van der Waals surface area contributed by atoms with Gasteiger partial charge in [0.25, 0.3) is 0 Å². The molecule has 0 radical (unpaired) electrons. The molecular formula is C19H23NOS. The van der Waals surface area contributed by atoms with Crippen LogP contribution < -0.4 is 4.74 Å². The van der Waals surface area contributed by atoms with Crippen molar-refractivity contribution >= 4 is 11.3 Å². The van der Waals surface area contributed by atoms with Gasteiger partial charge in [-0.25, -0.2) is 0 Å². The number of hydrogen-bond acceptors (Lipinski definition) is 3. The van der Waals surface area contributed by atoms with Gasteiger partial charge in [-0.1, -0.05) is 6.07 Å². The summed E-state index contributed by atoms with van der Waals surface area (Å²) in [6.45, 7) is 3.30. The third-order valence-corrected chi connectivity index (χ3v) is 6.22. The van der Waals surface area contributed by atoms with E-state index in [2.05, 4.69) is 47.8 Å². The number of nitrogens with zero attached hydrogens (tertiary/aromatic N) is 1. The molecule has 0 bridgehead atoms. The van der Waals surface area contributed by atoms with E-state index in [1.165, 1.54) is 35.1 Å². The van der Waals surface area contributed by atoms with E-state index in [1.54, 1.807) is 7.11 Å². The summed E-state index contributed by atoms with van der Waals surface area (Å²) in [4.78, 5) is 2.56. The highest BCUT2D eigenvalue weighted by Gasteiger charge is 2.54. The molecule has 2 aromatic rings.